The third-order valence-corrected chi connectivity index (χ3v) is 9.33. The summed E-state index contributed by atoms with van der Waals surface area (Å²) >= 11 is 0. The van der Waals surface area contributed by atoms with Crippen molar-refractivity contribution in [2.24, 2.45) is 0 Å². The molecule has 0 bridgehead atoms. The Morgan fingerprint density at radius 1 is 0.837 bits per heavy atom. The fraction of sp³-hybridized carbons (Fsp3) is 0.257. The summed E-state index contributed by atoms with van der Waals surface area (Å²) in [4.78, 5) is 30.0. The van der Waals surface area contributed by atoms with E-state index in [2.05, 4.69) is 4.72 Å². The lowest BCUT2D eigenvalue weighted by molar-refractivity contribution is -0.147. The minimum atomic E-state index is -1.88. The third-order valence-electron chi connectivity index (χ3n) is 7.69. The fourth-order valence-electron chi connectivity index (χ4n) is 5.79. The van der Waals surface area contributed by atoms with Crippen LogP contribution >= 0.6 is 0 Å². The lowest BCUT2D eigenvalue weighted by Gasteiger charge is -2.44. The molecule has 0 spiro atoms. The van der Waals surface area contributed by atoms with Crippen LogP contribution in [-0.4, -0.2) is 27.4 Å². The summed E-state index contributed by atoms with van der Waals surface area (Å²) in [7, 11) is -1.82. The van der Waals surface area contributed by atoms with Crippen LogP contribution in [0.15, 0.2) is 109 Å². The number of amides is 1. The van der Waals surface area contributed by atoms with Gasteiger partial charge in [-0.3, -0.25) is 14.5 Å². The van der Waals surface area contributed by atoms with E-state index in [1.54, 1.807) is 33.8 Å². The molecule has 0 saturated heterocycles. The molecule has 6 nitrogen and oxygen atoms in total. The second-order valence-electron chi connectivity index (χ2n) is 11.5. The number of carbonyl (C=O) groups excluding carboxylic acids is 2. The molecule has 4 aromatic carbocycles. The van der Waals surface area contributed by atoms with Crippen LogP contribution in [0.5, 0.6) is 0 Å². The van der Waals surface area contributed by atoms with Gasteiger partial charge in [-0.25, -0.2) is 13.3 Å². The van der Waals surface area contributed by atoms with Gasteiger partial charge in [-0.05, 0) is 50.5 Å². The molecule has 5 rings (SSSR count). The maximum Gasteiger partial charge on any atom is 0.308 e. The SMILES string of the molecule is CCOC(=O)C[C@@]1(NS(=O)C(C)(C)C)C(=O)N(C(c2ccccc2)(c2ccccc2)c2ccccc2)c2c(F)cccc21. The number of benzene rings is 4. The van der Waals surface area contributed by atoms with Gasteiger partial charge >= 0.3 is 5.97 Å². The van der Waals surface area contributed by atoms with Crippen LogP contribution in [0.1, 0.15) is 56.4 Å². The summed E-state index contributed by atoms with van der Waals surface area (Å²) in [6.07, 6.45) is -0.483. The average molecular weight is 599 g/mol. The Kier molecular flexibility index (Phi) is 8.36. The maximum atomic E-state index is 16.4. The van der Waals surface area contributed by atoms with Crippen molar-refractivity contribution in [3.05, 3.63) is 137 Å². The van der Waals surface area contributed by atoms with Gasteiger partial charge in [-0.1, -0.05) is 103 Å². The molecule has 0 aromatic heterocycles. The summed E-state index contributed by atoms with van der Waals surface area (Å²) in [6.45, 7) is 7.06. The molecule has 1 amide bonds. The van der Waals surface area contributed by atoms with E-state index in [1.165, 1.54) is 17.0 Å². The molecule has 43 heavy (non-hydrogen) atoms. The first kappa shape index (κ1) is 30.3. The van der Waals surface area contributed by atoms with Crippen molar-refractivity contribution in [3.63, 3.8) is 0 Å². The monoisotopic (exact) mass is 598 g/mol. The Hall–Kier alpha value is -4.14. The standard InChI is InChI=1S/C35H35FN2O4S/c1-5-42-30(39)24-34(37-43(41)33(2,3)4)28-22-15-23-29(36)31(28)38(32(34)40)35(25-16-9-6-10-17-25,26-18-11-7-12-19-26)27-20-13-8-14-21-27/h6-23,37H,5,24H2,1-4H3/t34-,43?/m0/s1. The van der Waals surface area contributed by atoms with E-state index in [9.17, 15) is 9.00 Å². The number of fused-ring (bicyclic) bond motifs is 1. The number of anilines is 1. The van der Waals surface area contributed by atoms with Gasteiger partial charge in [0.15, 0.2) is 0 Å². The van der Waals surface area contributed by atoms with Crippen molar-refractivity contribution in [3.8, 4) is 0 Å². The third kappa shape index (κ3) is 5.19. The number of hydrogen-bond acceptors (Lipinski definition) is 4. The van der Waals surface area contributed by atoms with Crippen molar-refractivity contribution in [2.45, 2.75) is 49.9 Å². The van der Waals surface area contributed by atoms with Crippen LogP contribution in [0, 0.1) is 5.82 Å². The number of para-hydroxylation sites is 1. The van der Waals surface area contributed by atoms with Gasteiger partial charge in [0.1, 0.15) is 16.9 Å². The van der Waals surface area contributed by atoms with Gasteiger partial charge in [0, 0.05) is 5.56 Å². The molecule has 1 heterocycles. The van der Waals surface area contributed by atoms with Gasteiger partial charge in [0.2, 0.25) is 0 Å². The number of nitrogens with one attached hydrogen (secondary N) is 1. The van der Waals surface area contributed by atoms with Gasteiger partial charge in [0.25, 0.3) is 5.91 Å². The average Bonchev–Trinajstić information content (AvgIpc) is 3.23. The van der Waals surface area contributed by atoms with Crippen LogP contribution in [0.2, 0.25) is 0 Å². The second kappa shape index (κ2) is 11.9. The number of ether oxygens (including phenoxy) is 1. The second-order valence-corrected chi connectivity index (χ2v) is 13.4. The van der Waals surface area contributed by atoms with Crippen molar-refractivity contribution in [1.29, 1.82) is 0 Å². The maximum absolute atomic E-state index is 16.4. The van der Waals surface area contributed by atoms with Crippen LogP contribution in [-0.2, 0) is 36.4 Å². The van der Waals surface area contributed by atoms with Gasteiger partial charge in [0.05, 0.1) is 34.4 Å². The van der Waals surface area contributed by atoms with E-state index in [1.807, 2.05) is 91.0 Å². The molecule has 0 aliphatic carbocycles. The minimum absolute atomic E-state index is 0.00627. The Bertz CT molecular complexity index is 1540. The number of esters is 1. The molecule has 0 saturated carbocycles. The Morgan fingerprint density at radius 3 is 1.77 bits per heavy atom. The summed E-state index contributed by atoms with van der Waals surface area (Å²) in [5, 5.41) is 0. The first-order valence-electron chi connectivity index (χ1n) is 14.2. The van der Waals surface area contributed by atoms with Gasteiger partial charge in [-0.15, -0.1) is 0 Å². The largest absolute Gasteiger partial charge is 0.466 e. The Labute approximate surface area is 254 Å². The molecule has 1 N–H and O–H groups in total. The molecular weight excluding hydrogens is 563 g/mol. The normalized spacial score (nSPS) is 17.4. The van der Waals surface area contributed by atoms with Crippen molar-refractivity contribution in [1.82, 2.24) is 4.72 Å². The van der Waals surface area contributed by atoms with Crippen LogP contribution < -0.4 is 9.62 Å². The number of halogens is 1. The highest BCUT2D eigenvalue weighted by Gasteiger charge is 2.61. The molecule has 0 fully saturated rings. The van der Waals surface area contributed by atoms with E-state index in [0.29, 0.717) is 16.7 Å². The molecule has 1 aliphatic heterocycles. The number of nitrogens with zero attached hydrogens (tertiary/aromatic N) is 1. The summed E-state index contributed by atoms with van der Waals surface area (Å²) in [5.74, 6) is -1.93. The van der Waals surface area contributed by atoms with Crippen molar-refractivity contribution < 1.29 is 22.9 Å². The quantitative estimate of drug-likeness (QED) is 0.180. The number of carbonyl (C=O) groups is 2. The van der Waals surface area contributed by atoms with Gasteiger partial charge in [-0.2, -0.15) is 0 Å². The van der Waals surface area contributed by atoms with Crippen LogP contribution in [0.3, 0.4) is 0 Å². The molecular formula is C35H35FN2O4S. The van der Waals surface area contributed by atoms with E-state index >= 15 is 9.18 Å². The zero-order valence-electron chi connectivity index (χ0n) is 24.7. The predicted octanol–water partition coefficient (Wildman–Crippen LogP) is 6.36. The van der Waals surface area contributed by atoms with E-state index in [0.717, 1.165) is 0 Å². The zero-order chi connectivity index (χ0) is 30.8. The van der Waals surface area contributed by atoms with E-state index in [-0.39, 0.29) is 17.9 Å². The number of rotatable bonds is 9. The van der Waals surface area contributed by atoms with Crippen molar-refractivity contribution >= 4 is 28.5 Å². The molecule has 4 aromatic rings. The minimum Gasteiger partial charge on any atom is -0.466 e. The molecule has 8 heteroatoms. The highest BCUT2D eigenvalue weighted by Crippen LogP contribution is 2.54. The first-order chi connectivity index (χ1) is 20.6. The van der Waals surface area contributed by atoms with Gasteiger partial charge < -0.3 is 4.74 Å². The van der Waals surface area contributed by atoms with E-state index in [4.69, 9.17) is 4.74 Å². The lowest BCUT2D eigenvalue weighted by atomic mass is 9.75. The van der Waals surface area contributed by atoms with E-state index < -0.39 is 50.9 Å². The predicted molar refractivity (Wildman–Crippen MR) is 167 cm³/mol. The smallest absolute Gasteiger partial charge is 0.308 e. The zero-order valence-corrected chi connectivity index (χ0v) is 25.5. The highest BCUT2D eigenvalue weighted by atomic mass is 32.2. The summed E-state index contributed by atoms with van der Waals surface area (Å²) in [6, 6.07) is 32.7. The summed E-state index contributed by atoms with van der Waals surface area (Å²) in [5.41, 5.74) is -0.913. The Morgan fingerprint density at radius 2 is 1.33 bits per heavy atom. The lowest BCUT2D eigenvalue weighted by Crippen LogP contribution is -2.59. The Balaban J connectivity index is 1.91. The van der Waals surface area contributed by atoms with Crippen molar-refractivity contribution in [2.75, 3.05) is 11.5 Å². The fourth-order valence-corrected chi connectivity index (χ4v) is 6.68. The first-order valence-corrected chi connectivity index (χ1v) is 15.4. The highest BCUT2D eigenvalue weighted by molar-refractivity contribution is 7.84. The molecule has 2 atom stereocenters. The molecule has 1 aliphatic rings. The topological polar surface area (TPSA) is 75.7 Å². The van der Waals surface area contributed by atoms with Crippen LogP contribution in [0.4, 0.5) is 10.1 Å². The molecule has 1 unspecified atom stereocenters. The van der Waals surface area contributed by atoms with Crippen LogP contribution in [0.25, 0.3) is 0 Å². The molecule has 0 radical (unpaired) electrons. The number of hydrogen-bond donors (Lipinski definition) is 1. The summed E-state index contributed by atoms with van der Waals surface area (Å²) < 4.78 is 37.7. The molecule has 222 valence electrons.